The molecular weight excluding hydrogens is 166 g/mol. The Balaban J connectivity index is 3.32. The van der Waals surface area contributed by atoms with Crippen molar-refractivity contribution in [2.45, 2.75) is 39.8 Å². The molecule has 0 aliphatic rings. The molecule has 0 heterocycles. The molecule has 3 nitrogen and oxygen atoms in total. The average molecular weight is 189 g/mol. The van der Waals surface area contributed by atoms with Crippen molar-refractivity contribution in [3.63, 3.8) is 0 Å². The predicted octanol–water partition coefficient (Wildman–Crippen LogP) is 1.43. The Bertz CT molecular complexity index is 109. The van der Waals surface area contributed by atoms with Gasteiger partial charge in [-0.25, -0.2) is 0 Å². The molecule has 0 saturated heterocycles. The molecule has 0 radical (unpaired) electrons. The first-order valence-corrected chi connectivity index (χ1v) is 5.15. The van der Waals surface area contributed by atoms with Crippen molar-refractivity contribution in [1.82, 2.24) is 5.32 Å². The lowest BCUT2D eigenvalue weighted by atomic mass is 10.2. The number of likely N-dealkylation sites (N-methyl/N-ethyl adjacent to an activating group) is 1. The van der Waals surface area contributed by atoms with E-state index < -0.39 is 0 Å². The lowest BCUT2D eigenvalue weighted by Gasteiger charge is -2.20. The highest BCUT2D eigenvalue weighted by Crippen LogP contribution is 1.97. The molecule has 13 heavy (non-hydrogen) atoms. The van der Waals surface area contributed by atoms with Crippen molar-refractivity contribution in [3.8, 4) is 0 Å². The molecule has 1 N–H and O–H groups in total. The molecule has 0 aromatic rings. The van der Waals surface area contributed by atoms with Crippen molar-refractivity contribution >= 4 is 0 Å². The largest absolute Gasteiger partial charge is 0.379 e. The van der Waals surface area contributed by atoms with Gasteiger partial charge in [-0.2, -0.15) is 0 Å². The summed E-state index contributed by atoms with van der Waals surface area (Å²) in [4.78, 5) is 0. The van der Waals surface area contributed by atoms with E-state index in [9.17, 15) is 0 Å². The number of nitrogens with one attached hydrogen (secondary N) is 1. The molecule has 0 amide bonds. The lowest BCUT2D eigenvalue weighted by molar-refractivity contribution is 0.00232. The summed E-state index contributed by atoms with van der Waals surface area (Å²) in [6.07, 6.45) is 0.250. The van der Waals surface area contributed by atoms with Gasteiger partial charge in [0.25, 0.3) is 0 Å². The van der Waals surface area contributed by atoms with Crippen LogP contribution in [0.5, 0.6) is 0 Å². The van der Waals surface area contributed by atoms with Crippen molar-refractivity contribution < 1.29 is 9.47 Å². The molecule has 3 heteroatoms. The van der Waals surface area contributed by atoms with Crippen LogP contribution < -0.4 is 5.32 Å². The van der Waals surface area contributed by atoms with Crippen LogP contribution in [0, 0.1) is 0 Å². The molecule has 0 spiro atoms. The first kappa shape index (κ1) is 12.9. The van der Waals surface area contributed by atoms with Crippen molar-refractivity contribution in [2.75, 3.05) is 26.4 Å². The monoisotopic (exact) mass is 189 g/mol. The van der Waals surface area contributed by atoms with Gasteiger partial charge in [-0.3, -0.25) is 0 Å². The molecular formula is C10H23NO2. The van der Waals surface area contributed by atoms with Gasteiger partial charge < -0.3 is 14.8 Å². The lowest BCUT2D eigenvalue weighted by Crippen LogP contribution is -2.37. The summed E-state index contributed by atoms with van der Waals surface area (Å²) < 4.78 is 10.7. The Morgan fingerprint density at radius 1 is 1.15 bits per heavy atom. The molecule has 0 aliphatic carbocycles. The fourth-order valence-electron chi connectivity index (χ4n) is 1.07. The summed E-state index contributed by atoms with van der Waals surface area (Å²) in [6.45, 7) is 11.4. The van der Waals surface area contributed by atoms with Crippen molar-refractivity contribution in [1.29, 1.82) is 0 Å². The van der Waals surface area contributed by atoms with Crippen LogP contribution in [0.15, 0.2) is 0 Å². The second-order valence-corrected chi connectivity index (χ2v) is 3.12. The van der Waals surface area contributed by atoms with E-state index in [0.717, 1.165) is 13.2 Å². The van der Waals surface area contributed by atoms with Crippen LogP contribution in [-0.2, 0) is 9.47 Å². The fourth-order valence-corrected chi connectivity index (χ4v) is 1.07. The summed E-state index contributed by atoms with van der Waals surface area (Å²) >= 11 is 0. The van der Waals surface area contributed by atoms with Crippen LogP contribution in [0.25, 0.3) is 0 Å². The number of hydrogen-bond donors (Lipinski definition) is 1. The first-order chi connectivity index (χ1) is 6.22. The smallest absolute Gasteiger partial charge is 0.0704 e. The SMILES string of the molecule is CCNC(C)C(C)OCCOCC. The highest BCUT2D eigenvalue weighted by Gasteiger charge is 2.10. The minimum Gasteiger partial charge on any atom is -0.379 e. The average Bonchev–Trinajstić information content (AvgIpc) is 2.12. The number of ether oxygens (including phenoxy) is 2. The normalized spacial score (nSPS) is 15.7. The van der Waals surface area contributed by atoms with Crippen LogP contribution in [0.1, 0.15) is 27.7 Å². The maximum Gasteiger partial charge on any atom is 0.0704 e. The standard InChI is InChI=1S/C10H23NO2/c1-5-11-9(3)10(4)13-8-7-12-6-2/h9-11H,5-8H2,1-4H3. The van der Waals surface area contributed by atoms with Crippen LogP contribution in [0.3, 0.4) is 0 Å². The van der Waals surface area contributed by atoms with E-state index in [4.69, 9.17) is 9.47 Å². The van der Waals surface area contributed by atoms with E-state index in [0.29, 0.717) is 19.3 Å². The third-order valence-electron chi connectivity index (χ3n) is 2.04. The zero-order valence-electron chi connectivity index (χ0n) is 9.30. The summed E-state index contributed by atoms with van der Waals surface area (Å²) in [5.41, 5.74) is 0. The summed E-state index contributed by atoms with van der Waals surface area (Å²) in [5, 5.41) is 3.32. The van der Waals surface area contributed by atoms with Gasteiger partial charge in [0.2, 0.25) is 0 Å². The van der Waals surface area contributed by atoms with Crippen molar-refractivity contribution in [2.24, 2.45) is 0 Å². The molecule has 0 saturated carbocycles. The van der Waals surface area contributed by atoms with Gasteiger partial charge in [0.1, 0.15) is 0 Å². The highest BCUT2D eigenvalue weighted by atomic mass is 16.5. The van der Waals surface area contributed by atoms with Gasteiger partial charge in [-0.05, 0) is 27.3 Å². The minimum atomic E-state index is 0.250. The third kappa shape index (κ3) is 6.99. The van der Waals surface area contributed by atoms with E-state index in [1.54, 1.807) is 0 Å². The Morgan fingerprint density at radius 3 is 2.38 bits per heavy atom. The molecule has 0 fully saturated rings. The molecule has 0 aromatic carbocycles. The van der Waals surface area contributed by atoms with E-state index >= 15 is 0 Å². The molecule has 0 bridgehead atoms. The van der Waals surface area contributed by atoms with Gasteiger partial charge in [0.15, 0.2) is 0 Å². The van der Waals surface area contributed by atoms with E-state index in [1.807, 2.05) is 6.92 Å². The van der Waals surface area contributed by atoms with Crippen molar-refractivity contribution in [3.05, 3.63) is 0 Å². The second kappa shape index (κ2) is 8.48. The number of hydrogen-bond acceptors (Lipinski definition) is 3. The molecule has 80 valence electrons. The molecule has 0 rings (SSSR count). The fraction of sp³-hybridized carbons (Fsp3) is 1.00. The van der Waals surface area contributed by atoms with E-state index in [-0.39, 0.29) is 6.10 Å². The summed E-state index contributed by atoms with van der Waals surface area (Å²) in [7, 11) is 0. The van der Waals surface area contributed by atoms with Crippen LogP contribution in [0.4, 0.5) is 0 Å². The van der Waals surface area contributed by atoms with Gasteiger partial charge in [0.05, 0.1) is 19.3 Å². The molecule has 2 atom stereocenters. The number of rotatable bonds is 8. The maximum absolute atomic E-state index is 5.57. The Morgan fingerprint density at radius 2 is 1.85 bits per heavy atom. The van der Waals surface area contributed by atoms with Gasteiger partial charge in [-0.1, -0.05) is 6.92 Å². The Labute approximate surface area is 81.8 Å². The van der Waals surface area contributed by atoms with Gasteiger partial charge >= 0.3 is 0 Å². The third-order valence-corrected chi connectivity index (χ3v) is 2.04. The quantitative estimate of drug-likeness (QED) is 0.586. The Kier molecular flexibility index (Phi) is 8.40. The summed E-state index contributed by atoms with van der Waals surface area (Å²) in [5.74, 6) is 0. The van der Waals surface area contributed by atoms with E-state index in [1.165, 1.54) is 0 Å². The minimum absolute atomic E-state index is 0.250. The van der Waals surface area contributed by atoms with Gasteiger partial charge in [0, 0.05) is 12.6 Å². The van der Waals surface area contributed by atoms with Crippen LogP contribution >= 0.6 is 0 Å². The predicted molar refractivity (Wildman–Crippen MR) is 55.0 cm³/mol. The second-order valence-electron chi connectivity index (χ2n) is 3.12. The van der Waals surface area contributed by atoms with Crippen LogP contribution in [-0.4, -0.2) is 38.5 Å². The van der Waals surface area contributed by atoms with Gasteiger partial charge in [-0.15, -0.1) is 0 Å². The van der Waals surface area contributed by atoms with E-state index in [2.05, 4.69) is 26.1 Å². The summed E-state index contributed by atoms with van der Waals surface area (Å²) in [6, 6.07) is 0.409. The molecule has 2 unspecified atom stereocenters. The first-order valence-electron chi connectivity index (χ1n) is 5.15. The van der Waals surface area contributed by atoms with Crippen LogP contribution in [0.2, 0.25) is 0 Å². The Hall–Kier alpha value is -0.120. The zero-order chi connectivity index (χ0) is 10.1. The molecule has 0 aliphatic heterocycles. The molecule has 0 aromatic heterocycles. The highest BCUT2D eigenvalue weighted by molar-refractivity contribution is 4.66. The zero-order valence-corrected chi connectivity index (χ0v) is 9.30. The maximum atomic E-state index is 5.57. The topological polar surface area (TPSA) is 30.5 Å².